The van der Waals surface area contributed by atoms with Crippen LogP contribution in [0.2, 0.25) is 0 Å². The number of hydrogen-bond acceptors (Lipinski definition) is 4. The first-order chi connectivity index (χ1) is 7.29. The second-order valence-corrected chi connectivity index (χ2v) is 3.18. The number of aromatic nitrogens is 3. The van der Waals surface area contributed by atoms with E-state index in [0.29, 0.717) is 6.01 Å². The molecule has 15 heavy (non-hydrogen) atoms. The molecule has 76 valence electrons. The molecule has 0 atom stereocenters. The molecule has 4 heteroatoms. The van der Waals surface area contributed by atoms with Gasteiger partial charge in [-0.2, -0.15) is 0 Å². The van der Waals surface area contributed by atoms with E-state index >= 15 is 0 Å². The van der Waals surface area contributed by atoms with Crippen LogP contribution in [0.1, 0.15) is 5.56 Å². The van der Waals surface area contributed by atoms with Crippen LogP contribution in [0.5, 0.6) is 6.01 Å². The largest absolute Gasteiger partial charge is 0.467 e. The van der Waals surface area contributed by atoms with Crippen molar-refractivity contribution in [2.75, 3.05) is 7.11 Å². The Morgan fingerprint density at radius 3 is 2.47 bits per heavy atom. The molecule has 0 spiro atoms. The molecule has 0 aromatic carbocycles. The van der Waals surface area contributed by atoms with Gasteiger partial charge in [-0.15, -0.1) is 0 Å². The minimum Gasteiger partial charge on any atom is -0.467 e. The van der Waals surface area contributed by atoms with Crippen molar-refractivity contribution in [3.63, 3.8) is 0 Å². The van der Waals surface area contributed by atoms with Crippen LogP contribution in [0.3, 0.4) is 0 Å². The van der Waals surface area contributed by atoms with Gasteiger partial charge in [0.25, 0.3) is 0 Å². The smallest absolute Gasteiger partial charge is 0.316 e. The summed E-state index contributed by atoms with van der Waals surface area (Å²) in [5.74, 6) is 0. The molecular formula is C11H11N3O. The van der Waals surface area contributed by atoms with E-state index in [-0.39, 0.29) is 0 Å². The maximum atomic E-state index is 4.89. The van der Waals surface area contributed by atoms with E-state index in [4.69, 9.17) is 4.74 Å². The van der Waals surface area contributed by atoms with Crippen LogP contribution in [0.15, 0.2) is 30.7 Å². The molecule has 4 nitrogen and oxygen atoms in total. The number of ether oxygens (including phenoxy) is 1. The lowest BCUT2D eigenvalue weighted by Crippen LogP contribution is -1.92. The standard InChI is InChI=1S/C11H11N3O/c1-8-3-4-12-10(5-8)9-6-13-11(15-2)14-7-9/h3-7H,1-2H3. The van der Waals surface area contributed by atoms with Gasteiger partial charge in [-0.05, 0) is 24.6 Å². The maximum Gasteiger partial charge on any atom is 0.316 e. The van der Waals surface area contributed by atoms with Crippen LogP contribution in [-0.2, 0) is 0 Å². The van der Waals surface area contributed by atoms with Gasteiger partial charge in [0.05, 0.1) is 12.8 Å². The molecule has 0 N–H and O–H groups in total. The molecular weight excluding hydrogens is 190 g/mol. The number of methoxy groups -OCH3 is 1. The highest BCUT2D eigenvalue weighted by Crippen LogP contribution is 2.16. The first-order valence-electron chi connectivity index (χ1n) is 4.58. The van der Waals surface area contributed by atoms with E-state index in [2.05, 4.69) is 15.0 Å². The Hall–Kier alpha value is -1.97. The lowest BCUT2D eigenvalue weighted by Gasteiger charge is -2.01. The van der Waals surface area contributed by atoms with Gasteiger partial charge in [0.15, 0.2) is 0 Å². The molecule has 0 unspecified atom stereocenters. The maximum absolute atomic E-state index is 4.89. The topological polar surface area (TPSA) is 47.9 Å². The molecule has 0 fully saturated rings. The predicted octanol–water partition coefficient (Wildman–Crippen LogP) is 1.86. The minimum absolute atomic E-state index is 0.367. The van der Waals surface area contributed by atoms with Gasteiger partial charge in [-0.3, -0.25) is 4.98 Å². The van der Waals surface area contributed by atoms with Crippen LogP contribution in [0, 0.1) is 6.92 Å². The Morgan fingerprint density at radius 1 is 1.13 bits per heavy atom. The average Bonchev–Trinajstić information content (AvgIpc) is 2.29. The molecule has 2 heterocycles. The van der Waals surface area contributed by atoms with Crippen molar-refractivity contribution in [1.82, 2.24) is 15.0 Å². The fraction of sp³-hybridized carbons (Fsp3) is 0.182. The van der Waals surface area contributed by atoms with Crippen molar-refractivity contribution in [3.05, 3.63) is 36.3 Å². The Labute approximate surface area is 88.0 Å². The van der Waals surface area contributed by atoms with E-state index in [1.165, 1.54) is 0 Å². The van der Waals surface area contributed by atoms with E-state index in [1.807, 2.05) is 19.1 Å². The minimum atomic E-state index is 0.367. The second-order valence-electron chi connectivity index (χ2n) is 3.18. The Kier molecular flexibility index (Phi) is 2.58. The number of rotatable bonds is 2. The van der Waals surface area contributed by atoms with Crippen LogP contribution in [0.25, 0.3) is 11.3 Å². The summed E-state index contributed by atoms with van der Waals surface area (Å²) in [7, 11) is 1.54. The molecule has 2 rings (SSSR count). The van der Waals surface area contributed by atoms with Crippen molar-refractivity contribution in [3.8, 4) is 17.3 Å². The van der Waals surface area contributed by atoms with Gasteiger partial charge in [0, 0.05) is 24.2 Å². The zero-order chi connectivity index (χ0) is 10.7. The van der Waals surface area contributed by atoms with Gasteiger partial charge in [0.1, 0.15) is 0 Å². The zero-order valence-corrected chi connectivity index (χ0v) is 8.64. The van der Waals surface area contributed by atoms with Gasteiger partial charge in [-0.25, -0.2) is 9.97 Å². The monoisotopic (exact) mass is 201 g/mol. The van der Waals surface area contributed by atoms with E-state index in [9.17, 15) is 0 Å². The molecule has 0 radical (unpaired) electrons. The number of aryl methyl sites for hydroxylation is 1. The van der Waals surface area contributed by atoms with Gasteiger partial charge in [0.2, 0.25) is 0 Å². The van der Waals surface area contributed by atoms with Crippen molar-refractivity contribution < 1.29 is 4.74 Å². The third-order valence-electron chi connectivity index (χ3n) is 2.02. The second kappa shape index (κ2) is 4.04. The lowest BCUT2D eigenvalue weighted by molar-refractivity contribution is 0.380. The summed E-state index contributed by atoms with van der Waals surface area (Å²) in [6.45, 7) is 2.02. The molecule has 2 aromatic heterocycles. The fourth-order valence-electron chi connectivity index (χ4n) is 1.25. The number of hydrogen-bond donors (Lipinski definition) is 0. The van der Waals surface area contributed by atoms with E-state index < -0.39 is 0 Å². The van der Waals surface area contributed by atoms with Gasteiger partial charge >= 0.3 is 6.01 Å². The highest BCUT2D eigenvalue weighted by atomic mass is 16.5. The third-order valence-corrected chi connectivity index (χ3v) is 2.02. The molecule has 2 aromatic rings. The Morgan fingerprint density at radius 2 is 1.87 bits per heavy atom. The normalized spacial score (nSPS) is 10.0. The molecule has 0 saturated heterocycles. The van der Waals surface area contributed by atoms with Crippen LogP contribution in [0.4, 0.5) is 0 Å². The van der Waals surface area contributed by atoms with Crippen molar-refractivity contribution in [1.29, 1.82) is 0 Å². The average molecular weight is 201 g/mol. The van der Waals surface area contributed by atoms with Crippen molar-refractivity contribution >= 4 is 0 Å². The van der Waals surface area contributed by atoms with Crippen LogP contribution >= 0.6 is 0 Å². The summed E-state index contributed by atoms with van der Waals surface area (Å²) in [5, 5.41) is 0. The van der Waals surface area contributed by atoms with E-state index in [1.54, 1.807) is 25.7 Å². The molecule has 0 aliphatic rings. The number of pyridine rings is 1. The molecule has 0 saturated carbocycles. The Bertz CT molecular complexity index is 454. The Balaban J connectivity index is 2.37. The predicted molar refractivity (Wildman–Crippen MR) is 56.6 cm³/mol. The van der Waals surface area contributed by atoms with Crippen LogP contribution < -0.4 is 4.74 Å². The summed E-state index contributed by atoms with van der Waals surface area (Å²) in [5.41, 5.74) is 2.92. The van der Waals surface area contributed by atoms with Crippen molar-refractivity contribution in [2.45, 2.75) is 6.92 Å². The summed E-state index contributed by atoms with van der Waals surface area (Å²) < 4.78 is 4.89. The summed E-state index contributed by atoms with van der Waals surface area (Å²) >= 11 is 0. The SMILES string of the molecule is COc1ncc(-c2cc(C)ccn2)cn1. The lowest BCUT2D eigenvalue weighted by atomic mass is 10.2. The first-order valence-corrected chi connectivity index (χ1v) is 4.58. The summed E-state index contributed by atoms with van der Waals surface area (Å²) in [6, 6.07) is 4.31. The summed E-state index contributed by atoms with van der Waals surface area (Å²) in [4.78, 5) is 12.3. The molecule has 0 amide bonds. The summed E-state index contributed by atoms with van der Waals surface area (Å²) in [6.07, 6.45) is 5.18. The highest BCUT2D eigenvalue weighted by Gasteiger charge is 2.01. The molecule has 0 aliphatic heterocycles. The highest BCUT2D eigenvalue weighted by molar-refractivity contribution is 5.57. The quantitative estimate of drug-likeness (QED) is 0.744. The molecule has 0 bridgehead atoms. The zero-order valence-electron chi connectivity index (χ0n) is 8.64. The van der Waals surface area contributed by atoms with Crippen LogP contribution in [-0.4, -0.2) is 22.1 Å². The van der Waals surface area contributed by atoms with Gasteiger partial charge < -0.3 is 4.74 Å². The first kappa shape index (κ1) is 9.58. The fourth-order valence-corrected chi connectivity index (χ4v) is 1.25. The van der Waals surface area contributed by atoms with Gasteiger partial charge in [-0.1, -0.05) is 0 Å². The third kappa shape index (κ3) is 2.10. The number of nitrogens with zero attached hydrogens (tertiary/aromatic N) is 3. The van der Waals surface area contributed by atoms with Crippen molar-refractivity contribution in [2.24, 2.45) is 0 Å². The molecule has 0 aliphatic carbocycles. The van der Waals surface area contributed by atoms with E-state index in [0.717, 1.165) is 16.8 Å².